The van der Waals surface area contributed by atoms with Crippen LogP contribution in [0.25, 0.3) is 11.3 Å². The lowest BCUT2D eigenvalue weighted by Gasteiger charge is -2.37. The maximum atomic E-state index is 12.9. The minimum atomic E-state index is -4.56. The zero-order valence-electron chi connectivity index (χ0n) is 15.0. The van der Waals surface area contributed by atoms with E-state index in [1.807, 2.05) is 0 Å². The molecule has 0 bridgehead atoms. The summed E-state index contributed by atoms with van der Waals surface area (Å²) in [5, 5.41) is 36.9. The summed E-state index contributed by atoms with van der Waals surface area (Å²) in [5.41, 5.74) is -0.302. The number of phenolic OH excluding ortho intramolecular Hbond substituents is 1. The van der Waals surface area contributed by atoms with E-state index in [9.17, 15) is 28.5 Å². The summed E-state index contributed by atoms with van der Waals surface area (Å²) >= 11 is 0. The van der Waals surface area contributed by atoms with Gasteiger partial charge in [-0.2, -0.15) is 13.2 Å². The highest BCUT2D eigenvalue weighted by atomic mass is 19.4. The van der Waals surface area contributed by atoms with Crippen molar-refractivity contribution in [2.45, 2.75) is 25.3 Å². The van der Waals surface area contributed by atoms with E-state index in [-0.39, 0.29) is 30.0 Å². The minimum Gasteiger partial charge on any atom is -0.507 e. The molecule has 1 aliphatic heterocycles. The second-order valence-corrected chi connectivity index (χ2v) is 6.61. The fourth-order valence-electron chi connectivity index (χ4n) is 3.21. The molecule has 0 aliphatic carbocycles. The number of aliphatic hydroxyl groups excluding tert-OH is 2. The van der Waals surface area contributed by atoms with Crippen molar-refractivity contribution in [3.05, 3.63) is 35.4 Å². The maximum absolute atomic E-state index is 12.9. The molecule has 3 N–H and O–H groups in total. The summed E-state index contributed by atoms with van der Waals surface area (Å²) in [6.45, 7) is 1.74. The molecule has 2 aromatic rings. The third-order valence-electron chi connectivity index (χ3n) is 4.51. The van der Waals surface area contributed by atoms with Gasteiger partial charge in [-0.1, -0.05) is 0 Å². The summed E-state index contributed by atoms with van der Waals surface area (Å²) < 4.78 is 44.1. The highest BCUT2D eigenvalue weighted by molar-refractivity contribution is 5.71. The van der Waals surface area contributed by atoms with Crippen LogP contribution in [0.3, 0.4) is 0 Å². The van der Waals surface area contributed by atoms with E-state index in [0.29, 0.717) is 25.0 Å². The molecule has 2 heterocycles. The zero-order chi connectivity index (χ0) is 20.5. The number of halogens is 3. The Balaban J connectivity index is 1.87. The van der Waals surface area contributed by atoms with E-state index >= 15 is 0 Å². The molecule has 1 aromatic heterocycles. The molecule has 0 saturated carbocycles. The topological polar surface area (TPSA) is 98.9 Å². The number of hydrogen-bond donors (Lipinski definition) is 3. The quantitative estimate of drug-likeness (QED) is 0.720. The predicted molar refractivity (Wildman–Crippen MR) is 93.9 cm³/mol. The molecule has 7 nitrogen and oxygen atoms in total. The number of hydrogen-bond acceptors (Lipinski definition) is 7. The third-order valence-corrected chi connectivity index (χ3v) is 4.51. The van der Waals surface area contributed by atoms with Crippen molar-refractivity contribution < 1.29 is 33.2 Å². The Morgan fingerprint density at radius 3 is 2.21 bits per heavy atom. The fourth-order valence-corrected chi connectivity index (χ4v) is 3.21. The van der Waals surface area contributed by atoms with Gasteiger partial charge in [0.15, 0.2) is 5.82 Å². The molecule has 28 heavy (non-hydrogen) atoms. The van der Waals surface area contributed by atoms with E-state index in [1.165, 1.54) is 6.92 Å². The fraction of sp³-hybridized carbons (Fsp3) is 0.444. The van der Waals surface area contributed by atoms with Crippen LogP contribution in [0.5, 0.6) is 5.75 Å². The van der Waals surface area contributed by atoms with Crippen LogP contribution < -0.4 is 4.90 Å². The van der Waals surface area contributed by atoms with Gasteiger partial charge in [0.1, 0.15) is 5.75 Å². The summed E-state index contributed by atoms with van der Waals surface area (Å²) in [6.07, 6.45) is -5.51. The van der Waals surface area contributed by atoms with Crippen molar-refractivity contribution in [3.63, 3.8) is 0 Å². The van der Waals surface area contributed by atoms with Gasteiger partial charge in [0.05, 0.1) is 36.7 Å². The highest BCUT2D eigenvalue weighted by Crippen LogP contribution is 2.38. The van der Waals surface area contributed by atoms with Crippen LogP contribution >= 0.6 is 0 Å². The number of rotatable bonds is 4. The Bertz CT molecular complexity index is 795. The average Bonchev–Trinajstić information content (AvgIpc) is 2.66. The van der Waals surface area contributed by atoms with Gasteiger partial charge in [0, 0.05) is 18.7 Å². The molecular weight excluding hydrogens is 379 g/mol. The van der Waals surface area contributed by atoms with E-state index in [0.717, 1.165) is 6.07 Å². The van der Waals surface area contributed by atoms with E-state index in [2.05, 4.69) is 10.2 Å². The largest absolute Gasteiger partial charge is 0.507 e. The molecule has 10 heteroatoms. The Morgan fingerprint density at radius 2 is 1.75 bits per heavy atom. The van der Waals surface area contributed by atoms with Crippen LogP contribution in [0.1, 0.15) is 11.1 Å². The molecule has 1 aliphatic rings. The first kappa shape index (κ1) is 20.3. The van der Waals surface area contributed by atoms with Crippen LogP contribution in [0.2, 0.25) is 0 Å². The molecule has 3 rings (SSSR count). The number of benzene rings is 1. The van der Waals surface area contributed by atoms with Gasteiger partial charge in [-0.25, -0.2) is 0 Å². The molecule has 1 saturated heterocycles. The smallest absolute Gasteiger partial charge is 0.416 e. The molecule has 0 unspecified atom stereocenters. The number of ether oxygens (including phenoxy) is 1. The number of aliphatic hydroxyl groups is 2. The first-order valence-electron chi connectivity index (χ1n) is 8.60. The number of aryl methyl sites for hydroxylation is 1. The molecule has 0 amide bonds. The summed E-state index contributed by atoms with van der Waals surface area (Å²) in [7, 11) is 0. The molecule has 0 radical (unpaired) electrons. The first-order valence-corrected chi connectivity index (χ1v) is 8.60. The molecular formula is C18H20F3N3O4. The van der Waals surface area contributed by atoms with Crippen LogP contribution in [0, 0.1) is 6.92 Å². The Labute approximate surface area is 159 Å². The van der Waals surface area contributed by atoms with Crippen LogP contribution in [0.4, 0.5) is 19.0 Å². The van der Waals surface area contributed by atoms with Crippen molar-refractivity contribution >= 4 is 5.82 Å². The lowest BCUT2D eigenvalue weighted by atomic mass is 10.0. The van der Waals surface area contributed by atoms with Crippen molar-refractivity contribution in [2.24, 2.45) is 0 Å². The number of aromatic hydroxyl groups is 1. The Kier molecular flexibility index (Phi) is 5.73. The second kappa shape index (κ2) is 7.90. The third kappa shape index (κ3) is 4.18. The second-order valence-electron chi connectivity index (χ2n) is 6.61. The number of alkyl halides is 3. The van der Waals surface area contributed by atoms with Gasteiger partial charge < -0.3 is 25.0 Å². The number of aromatic nitrogens is 2. The van der Waals surface area contributed by atoms with Crippen LogP contribution in [-0.4, -0.2) is 64.0 Å². The van der Waals surface area contributed by atoms with Gasteiger partial charge in [-0.15, -0.1) is 10.2 Å². The first-order chi connectivity index (χ1) is 13.2. The highest BCUT2D eigenvalue weighted by Gasteiger charge is 2.32. The number of nitrogens with zero attached hydrogens (tertiary/aromatic N) is 3. The van der Waals surface area contributed by atoms with Gasteiger partial charge in [-0.05, 0) is 36.8 Å². The van der Waals surface area contributed by atoms with Gasteiger partial charge in [-0.3, -0.25) is 0 Å². The molecule has 1 aromatic carbocycles. The summed E-state index contributed by atoms with van der Waals surface area (Å²) in [5.74, 6) is -0.0607. The maximum Gasteiger partial charge on any atom is 0.416 e. The van der Waals surface area contributed by atoms with Gasteiger partial charge in [0.25, 0.3) is 0 Å². The predicted octanol–water partition coefficient (Wildman–Crippen LogP) is 1.73. The van der Waals surface area contributed by atoms with Crippen LogP contribution in [0.15, 0.2) is 24.3 Å². The Hall–Kier alpha value is -2.43. The summed E-state index contributed by atoms with van der Waals surface area (Å²) in [4.78, 5) is 1.79. The lowest BCUT2D eigenvalue weighted by Crippen LogP contribution is -2.50. The minimum absolute atomic E-state index is 0.176. The average molecular weight is 399 g/mol. The van der Waals surface area contributed by atoms with E-state index in [4.69, 9.17) is 4.74 Å². The molecule has 152 valence electrons. The Morgan fingerprint density at radius 1 is 1.11 bits per heavy atom. The molecule has 0 spiro atoms. The van der Waals surface area contributed by atoms with Crippen molar-refractivity contribution in [3.8, 4) is 17.0 Å². The van der Waals surface area contributed by atoms with Crippen molar-refractivity contribution in [2.75, 3.05) is 31.2 Å². The zero-order valence-corrected chi connectivity index (χ0v) is 15.0. The van der Waals surface area contributed by atoms with Crippen molar-refractivity contribution in [1.29, 1.82) is 0 Å². The molecule has 2 atom stereocenters. The van der Waals surface area contributed by atoms with Crippen molar-refractivity contribution in [1.82, 2.24) is 10.2 Å². The monoisotopic (exact) mass is 399 g/mol. The standard InChI is InChI=1S/C18H20F3N3O4/c1-10-4-11(18(19,20)21)5-15(27)17(10)14-2-3-16(23-22-14)24-6-12(8-25)28-13(7-24)9-26/h2-5,12-13,25-27H,6-9H2,1H3/t12-,13-/m1/s1. The lowest BCUT2D eigenvalue weighted by molar-refractivity contribution is -0.137. The number of phenols is 1. The number of anilines is 1. The normalized spacial score (nSPS) is 20.4. The van der Waals surface area contributed by atoms with Gasteiger partial charge in [0.2, 0.25) is 0 Å². The van der Waals surface area contributed by atoms with E-state index in [1.54, 1.807) is 17.0 Å². The van der Waals surface area contributed by atoms with Gasteiger partial charge >= 0.3 is 6.18 Å². The molecule has 1 fully saturated rings. The van der Waals surface area contributed by atoms with E-state index < -0.39 is 29.7 Å². The van der Waals surface area contributed by atoms with Crippen LogP contribution in [-0.2, 0) is 10.9 Å². The SMILES string of the molecule is Cc1cc(C(F)(F)F)cc(O)c1-c1ccc(N2C[C@H](CO)O[C@@H](CO)C2)nn1. The summed E-state index contributed by atoms with van der Waals surface area (Å²) in [6, 6.07) is 4.78. The number of morpholine rings is 1.